The van der Waals surface area contributed by atoms with E-state index in [0.717, 1.165) is 5.57 Å². The number of ketones is 1. The number of aliphatic hydroxyl groups is 4. The molecule has 9 atom stereocenters. The average Bonchev–Trinajstić information content (AvgIpc) is 3.06. The van der Waals surface area contributed by atoms with Crippen molar-refractivity contribution < 1.29 is 34.8 Å². The van der Waals surface area contributed by atoms with Crippen LogP contribution in [0, 0.1) is 23.2 Å². The maximum absolute atomic E-state index is 13.1. The number of esters is 1. The average molecular weight is 475 g/mol. The second-order valence-corrected chi connectivity index (χ2v) is 12.2. The Morgan fingerprint density at radius 1 is 1.03 bits per heavy atom. The molecule has 0 spiro atoms. The van der Waals surface area contributed by atoms with Gasteiger partial charge in [-0.25, -0.2) is 4.79 Å². The molecule has 5 rings (SSSR count). The largest absolute Gasteiger partial charge is 0.455 e. The van der Waals surface area contributed by atoms with E-state index in [9.17, 15) is 30.0 Å². The second kappa shape index (κ2) is 7.25. The standard InChI is InChI=1S/C27H38O7/c1-15-14-21(34-22(29)16(15)2)24(4,30)27(33)13-12-26(32)18-9-11-25(31)10-5-6-20(28)23(25,3)17(18)7-8-19(26)27/h5-6,17-19,21,30-33H,7-14H2,1-4H3/t17-,18+,19-,21-,23-,24-,25+,26+,27-/m0/s1. The van der Waals surface area contributed by atoms with Crippen LogP contribution in [-0.4, -0.2) is 60.7 Å². The molecule has 4 N–H and O–H groups in total. The third-order valence-electron chi connectivity index (χ3n) is 11.0. The molecule has 1 heterocycles. The van der Waals surface area contributed by atoms with Gasteiger partial charge in [-0.15, -0.1) is 0 Å². The molecular weight excluding hydrogens is 436 g/mol. The van der Waals surface area contributed by atoms with E-state index in [1.807, 2.05) is 13.8 Å². The van der Waals surface area contributed by atoms with Gasteiger partial charge in [0.2, 0.25) is 0 Å². The topological polar surface area (TPSA) is 124 Å². The van der Waals surface area contributed by atoms with E-state index in [2.05, 4.69) is 0 Å². The fraction of sp³-hybridized carbons (Fsp3) is 0.778. The molecule has 4 aliphatic carbocycles. The van der Waals surface area contributed by atoms with E-state index in [-0.39, 0.29) is 24.0 Å². The monoisotopic (exact) mass is 474 g/mol. The third-order valence-corrected chi connectivity index (χ3v) is 11.0. The predicted molar refractivity (Wildman–Crippen MR) is 123 cm³/mol. The van der Waals surface area contributed by atoms with Gasteiger partial charge in [-0.2, -0.15) is 0 Å². The number of fused-ring (bicyclic) bond motifs is 5. The van der Waals surface area contributed by atoms with Crippen LogP contribution >= 0.6 is 0 Å². The molecule has 0 aromatic carbocycles. The molecule has 5 aliphatic rings. The Morgan fingerprint density at radius 3 is 2.41 bits per heavy atom. The molecule has 0 unspecified atom stereocenters. The number of hydrogen-bond acceptors (Lipinski definition) is 7. The van der Waals surface area contributed by atoms with Gasteiger partial charge in [-0.3, -0.25) is 4.79 Å². The van der Waals surface area contributed by atoms with Crippen molar-refractivity contribution in [3.8, 4) is 0 Å². The summed E-state index contributed by atoms with van der Waals surface area (Å²) in [6.45, 7) is 6.89. The smallest absolute Gasteiger partial charge is 0.334 e. The van der Waals surface area contributed by atoms with Crippen molar-refractivity contribution in [2.45, 2.75) is 108 Å². The first-order valence-electron chi connectivity index (χ1n) is 12.7. The van der Waals surface area contributed by atoms with Gasteiger partial charge in [0, 0.05) is 17.9 Å². The van der Waals surface area contributed by atoms with Gasteiger partial charge < -0.3 is 25.2 Å². The Balaban J connectivity index is 1.48. The molecule has 34 heavy (non-hydrogen) atoms. The van der Waals surface area contributed by atoms with Gasteiger partial charge in [-0.1, -0.05) is 11.6 Å². The summed E-state index contributed by atoms with van der Waals surface area (Å²) in [5, 5.41) is 47.3. The molecule has 0 amide bonds. The molecule has 0 aromatic heterocycles. The summed E-state index contributed by atoms with van der Waals surface area (Å²) in [4.78, 5) is 25.5. The third kappa shape index (κ3) is 2.78. The van der Waals surface area contributed by atoms with Crippen molar-refractivity contribution in [2.75, 3.05) is 0 Å². The van der Waals surface area contributed by atoms with Crippen molar-refractivity contribution in [1.29, 1.82) is 0 Å². The van der Waals surface area contributed by atoms with Crippen LogP contribution in [0.25, 0.3) is 0 Å². The van der Waals surface area contributed by atoms with Crippen molar-refractivity contribution in [3.63, 3.8) is 0 Å². The van der Waals surface area contributed by atoms with Gasteiger partial charge in [-0.05, 0) is 90.6 Å². The molecule has 1 aliphatic heterocycles. The normalized spacial score (nSPS) is 50.2. The summed E-state index contributed by atoms with van der Waals surface area (Å²) in [5.41, 5.74) is -5.42. The van der Waals surface area contributed by atoms with Gasteiger partial charge in [0.25, 0.3) is 0 Å². The first kappa shape index (κ1) is 24.2. The molecule has 3 fully saturated rings. The highest BCUT2D eigenvalue weighted by Crippen LogP contribution is 2.66. The van der Waals surface area contributed by atoms with E-state index in [4.69, 9.17) is 4.74 Å². The first-order valence-corrected chi connectivity index (χ1v) is 12.7. The van der Waals surface area contributed by atoms with Crippen LogP contribution in [0.4, 0.5) is 0 Å². The van der Waals surface area contributed by atoms with Crippen LogP contribution in [0.3, 0.4) is 0 Å². The Hall–Kier alpha value is -1.54. The Kier molecular flexibility index (Phi) is 5.15. The van der Waals surface area contributed by atoms with Crippen LogP contribution < -0.4 is 0 Å². The number of rotatable bonds is 2. The SMILES string of the molecule is CC1=C(C)C(=O)O[C@H]([C@](C)(O)[C@]2(O)CC[C@@]3(O)[C@@H]4CC[C@]5(O)CC=CC(=O)[C@]5(C)[C@H]4CC[C@@H]32)C1. The van der Waals surface area contributed by atoms with Crippen molar-refractivity contribution in [1.82, 2.24) is 0 Å². The molecule has 7 nitrogen and oxygen atoms in total. The summed E-state index contributed by atoms with van der Waals surface area (Å²) in [6, 6.07) is 0. The molecule has 7 heteroatoms. The van der Waals surface area contributed by atoms with E-state index in [1.54, 1.807) is 19.1 Å². The number of cyclic esters (lactones) is 1. The van der Waals surface area contributed by atoms with Crippen molar-refractivity contribution >= 4 is 11.8 Å². The zero-order valence-electron chi connectivity index (χ0n) is 20.6. The number of hydrogen-bond donors (Lipinski definition) is 4. The molecule has 0 saturated heterocycles. The quantitative estimate of drug-likeness (QED) is 0.453. The van der Waals surface area contributed by atoms with Gasteiger partial charge in [0.05, 0.1) is 16.6 Å². The van der Waals surface area contributed by atoms with E-state index in [0.29, 0.717) is 50.5 Å². The number of ether oxygens (including phenoxy) is 1. The maximum Gasteiger partial charge on any atom is 0.334 e. The minimum atomic E-state index is -1.75. The summed E-state index contributed by atoms with van der Waals surface area (Å²) in [7, 11) is 0. The molecule has 188 valence electrons. The lowest BCUT2D eigenvalue weighted by Crippen LogP contribution is -2.70. The molecule has 3 saturated carbocycles. The molecule has 0 aromatic rings. The lowest BCUT2D eigenvalue weighted by molar-refractivity contribution is -0.256. The number of allylic oxidation sites excluding steroid dienone is 1. The van der Waals surface area contributed by atoms with E-state index >= 15 is 0 Å². The summed E-state index contributed by atoms with van der Waals surface area (Å²) in [5.74, 6) is -1.68. The zero-order valence-corrected chi connectivity index (χ0v) is 20.6. The highest BCUT2D eigenvalue weighted by molar-refractivity contribution is 5.97. The molecule has 0 radical (unpaired) electrons. The second-order valence-electron chi connectivity index (χ2n) is 12.2. The molecular formula is C27H38O7. The number of carbonyl (C=O) groups is 2. The van der Waals surface area contributed by atoms with Crippen molar-refractivity contribution in [2.24, 2.45) is 23.2 Å². The van der Waals surface area contributed by atoms with Crippen LogP contribution in [0.1, 0.15) is 79.1 Å². The predicted octanol–water partition coefficient (Wildman–Crippen LogP) is 2.35. The highest BCUT2D eigenvalue weighted by atomic mass is 16.6. The van der Waals surface area contributed by atoms with Gasteiger partial charge in [0.1, 0.15) is 17.3 Å². The van der Waals surface area contributed by atoms with Gasteiger partial charge in [0.15, 0.2) is 5.78 Å². The lowest BCUT2D eigenvalue weighted by atomic mass is 9.44. The lowest BCUT2D eigenvalue weighted by Gasteiger charge is -2.62. The maximum atomic E-state index is 13.1. The van der Waals surface area contributed by atoms with Crippen LogP contribution in [0.15, 0.2) is 23.3 Å². The van der Waals surface area contributed by atoms with E-state index < -0.39 is 45.8 Å². The van der Waals surface area contributed by atoms with Crippen LogP contribution in [-0.2, 0) is 14.3 Å². The van der Waals surface area contributed by atoms with E-state index in [1.165, 1.54) is 6.92 Å². The number of carbonyl (C=O) groups excluding carboxylic acids is 2. The zero-order chi connectivity index (χ0) is 24.9. The summed E-state index contributed by atoms with van der Waals surface area (Å²) < 4.78 is 5.57. The fourth-order valence-corrected chi connectivity index (χ4v) is 8.45. The molecule has 0 bridgehead atoms. The summed E-state index contributed by atoms with van der Waals surface area (Å²) >= 11 is 0. The Bertz CT molecular complexity index is 997. The first-order chi connectivity index (χ1) is 15.7. The van der Waals surface area contributed by atoms with Crippen molar-refractivity contribution in [3.05, 3.63) is 23.3 Å². The Morgan fingerprint density at radius 2 is 1.74 bits per heavy atom. The minimum absolute atomic E-state index is 0.0926. The van der Waals surface area contributed by atoms with Crippen LogP contribution in [0.2, 0.25) is 0 Å². The fourth-order valence-electron chi connectivity index (χ4n) is 8.45. The Labute approximate surface area is 200 Å². The van der Waals surface area contributed by atoms with Crippen LogP contribution in [0.5, 0.6) is 0 Å². The summed E-state index contributed by atoms with van der Waals surface area (Å²) in [6.07, 6.45) is 5.59. The van der Waals surface area contributed by atoms with Gasteiger partial charge >= 0.3 is 5.97 Å². The highest BCUT2D eigenvalue weighted by Gasteiger charge is 2.73. The minimum Gasteiger partial charge on any atom is -0.455 e.